The maximum absolute atomic E-state index is 11.9. The number of hydrogen-bond acceptors (Lipinski definition) is 3. The van der Waals surface area contributed by atoms with Crippen molar-refractivity contribution < 1.29 is 8.42 Å². The smallest absolute Gasteiger partial charge is 0.213 e. The lowest BCUT2D eigenvalue weighted by Gasteiger charge is -2.32. The lowest BCUT2D eigenvalue weighted by molar-refractivity contribution is 0.306. The second-order valence-electron chi connectivity index (χ2n) is 6.87. The number of rotatable bonds is 9. The third-order valence-electron chi connectivity index (χ3n) is 4.36. The van der Waals surface area contributed by atoms with Gasteiger partial charge in [-0.25, -0.2) is 12.7 Å². The molecule has 0 aromatic rings. The normalized spacial score (nSPS) is 18.1. The minimum absolute atomic E-state index is 0.186. The largest absolute Gasteiger partial charge is 0.357 e. The quantitative estimate of drug-likeness (QED) is 0.375. The standard InChI is InChI=1S/C17H36N4O2S/c1-5-18-17(19-12-8-7-9-15(3)4)20-16-10-13-21(14-11-16)24(22,23)6-2/h15-16H,5-14H2,1-4H3,(H2,18,19,20). The van der Waals surface area contributed by atoms with Crippen molar-refractivity contribution in [3.05, 3.63) is 0 Å². The molecule has 1 rings (SSSR count). The predicted octanol–water partition coefficient (Wildman–Crippen LogP) is 2.18. The Balaban J connectivity index is 2.40. The highest BCUT2D eigenvalue weighted by Crippen LogP contribution is 2.14. The summed E-state index contributed by atoms with van der Waals surface area (Å²) in [5, 5.41) is 6.75. The van der Waals surface area contributed by atoms with E-state index >= 15 is 0 Å². The Kier molecular flexibility index (Phi) is 9.66. The third-order valence-corrected chi connectivity index (χ3v) is 6.24. The van der Waals surface area contributed by atoms with Crippen LogP contribution in [-0.4, -0.2) is 56.7 Å². The highest BCUT2D eigenvalue weighted by molar-refractivity contribution is 7.89. The van der Waals surface area contributed by atoms with Gasteiger partial charge in [-0.3, -0.25) is 4.99 Å². The van der Waals surface area contributed by atoms with Crippen LogP contribution in [0.2, 0.25) is 0 Å². The van der Waals surface area contributed by atoms with E-state index in [1.54, 1.807) is 11.2 Å². The van der Waals surface area contributed by atoms with Crippen LogP contribution in [0.1, 0.15) is 59.8 Å². The molecule has 1 aliphatic heterocycles. The number of unbranched alkanes of at least 4 members (excludes halogenated alkanes) is 1. The molecule has 0 bridgehead atoms. The molecule has 0 atom stereocenters. The van der Waals surface area contributed by atoms with Crippen LogP contribution in [0, 0.1) is 5.92 Å². The number of hydrogen-bond donors (Lipinski definition) is 2. The van der Waals surface area contributed by atoms with Crippen LogP contribution in [0.5, 0.6) is 0 Å². The van der Waals surface area contributed by atoms with Gasteiger partial charge in [0, 0.05) is 32.2 Å². The Morgan fingerprint density at radius 3 is 2.42 bits per heavy atom. The van der Waals surface area contributed by atoms with Gasteiger partial charge in [0.05, 0.1) is 5.75 Å². The van der Waals surface area contributed by atoms with Crippen LogP contribution in [-0.2, 0) is 10.0 Å². The topological polar surface area (TPSA) is 73.8 Å². The summed E-state index contributed by atoms with van der Waals surface area (Å²) >= 11 is 0. The number of piperidine rings is 1. The van der Waals surface area contributed by atoms with E-state index < -0.39 is 10.0 Å². The first-order valence-corrected chi connectivity index (χ1v) is 11.0. The summed E-state index contributed by atoms with van der Waals surface area (Å²) < 4.78 is 25.4. The molecule has 0 aromatic heterocycles. The van der Waals surface area contributed by atoms with Gasteiger partial charge in [-0.05, 0) is 39.0 Å². The second-order valence-corrected chi connectivity index (χ2v) is 9.13. The van der Waals surface area contributed by atoms with Crippen molar-refractivity contribution in [2.45, 2.75) is 65.8 Å². The highest BCUT2D eigenvalue weighted by Gasteiger charge is 2.26. The van der Waals surface area contributed by atoms with Crippen LogP contribution >= 0.6 is 0 Å². The van der Waals surface area contributed by atoms with Crippen LogP contribution in [0.15, 0.2) is 4.99 Å². The first kappa shape index (κ1) is 21.2. The molecule has 0 unspecified atom stereocenters. The molecule has 1 saturated heterocycles. The molecule has 0 aliphatic carbocycles. The van der Waals surface area contributed by atoms with Gasteiger partial charge >= 0.3 is 0 Å². The van der Waals surface area contributed by atoms with Gasteiger partial charge in [-0.2, -0.15) is 0 Å². The van der Waals surface area contributed by atoms with Gasteiger partial charge in [-0.1, -0.05) is 26.7 Å². The molecule has 24 heavy (non-hydrogen) atoms. The molecule has 7 heteroatoms. The molecule has 142 valence electrons. The molecule has 0 radical (unpaired) electrons. The Morgan fingerprint density at radius 1 is 1.21 bits per heavy atom. The van der Waals surface area contributed by atoms with Crippen molar-refractivity contribution in [1.29, 1.82) is 0 Å². The number of nitrogens with one attached hydrogen (secondary N) is 2. The van der Waals surface area contributed by atoms with Crippen molar-refractivity contribution in [1.82, 2.24) is 14.9 Å². The second kappa shape index (κ2) is 10.9. The van der Waals surface area contributed by atoms with E-state index in [1.807, 2.05) is 0 Å². The van der Waals surface area contributed by atoms with Gasteiger partial charge in [0.15, 0.2) is 5.96 Å². The summed E-state index contributed by atoms with van der Waals surface area (Å²) in [5.74, 6) is 1.80. The maximum atomic E-state index is 11.9. The SMILES string of the molecule is CCNC(=NCCCCC(C)C)NC1CCN(S(=O)(=O)CC)CC1. The number of sulfonamides is 1. The number of nitrogens with zero attached hydrogens (tertiary/aromatic N) is 2. The molecular formula is C17H36N4O2S. The van der Waals surface area contributed by atoms with E-state index in [0.717, 1.165) is 44.2 Å². The van der Waals surface area contributed by atoms with Crippen LogP contribution < -0.4 is 10.6 Å². The molecule has 1 heterocycles. The van der Waals surface area contributed by atoms with Gasteiger partial charge < -0.3 is 10.6 Å². The number of aliphatic imine (C=N–C) groups is 1. The lowest BCUT2D eigenvalue weighted by Crippen LogP contribution is -2.50. The monoisotopic (exact) mass is 360 g/mol. The molecule has 1 fully saturated rings. The third kappa shape index (κ3) is 7.83. The van der Waals surface area contributed by atoms with E-state index in [-0.39, 0.29) is 5.75 Å². The summed E-state index contributed by atoms with van der Waals surface area (Å²) in [7, 11) is -3.05. The average Bonchev–Trinajstić information content (AvgIpc) is 2.55. The first-order chi connectivity index (χ1) is 11.4. The van der Waals surface area contributed by atoms with Crippen molar-refractivity contribution >= 4 is 16.0 Å². The van der Waals surface area contributed by atoms with Crippen molar-refractivity contribution in [3.63, 3.8) is 0 Å². The van der Waals surface area contributed by atoms with Gasteiger partial charge in [0.2, 0.25) is 10.0 Å². The lowest BCUT2D eigenvalue weighted by atomic mass is 10.1. The Labute approximate surface area is 148 Å². The molecular weight excluding hydrogens is 324 g/mol. The zero-order valence-electron chi connectivity index (χ0n) is 15.8. The fraction of sp³-hybridized carbons (Fsp3) is 0.941. The summed E-state index contributed by atoms with van der Waals surface area (Å²) in [6.07, 6.45) is 5.24. The van der Waals surface area contributed by atoms with Gasteiger partial charge in [0.1, 0.15) is 0 Å². The van der Waals surface area contributed by atoms with Crippen LogP contribution in [0.4, 0.5) is 0 Å². The first-order valence-electron chi connectivity index (χ1n) is 9.41. The molecule has 0 aromatic carbocycles. The van der Waals surface area contributed by atoms with Gasteiger partial charge in [-0.15, -0.1) is 0 Å². The summed E-state index contributed by atoms with van der Waals surface area (Å²) in [5.41, 5.74) is 0. The molecule has 0 amide bonds. The minimum atomic E-state index is -3.05. The molecule has 0 spiro atoms. The van der Waals surface area contributed by atoms with E-state index in [1.165, 1.54) is 12.8 Å². The van der Waals surface area contributed by atoms with Crippen LogP contribution in [0.25, 0.3) is 0 Å². The maximum Gasteiger partial charge on any atom is 0.213 e. The Hall–Kier alpha value is -0.820. The summed E-state index contributed by atoms with van der Waals surface area (Å²) in [6.45, 7) is 11.1. The molecule has 0 saturated carbocycles. The fourth-order valence-corrected chi connectivity index (χ4v) is 3.96. The Bertz CT molecular complexity index is 469. The predicted molar refractivity (Wildman–Crippen MR) is 102 cm³/mol. The fourth-order valence-electron chi connectivity index (χ4n) is 2.83. The molecule has 2 N–H and O–H groups in total. The molecule has 6 nitrogen and oxygen atoms in total. The Morgan fingerprint density at radius 2 is 1.88 bits per heavy atom. The average molecular weight is 361 g/mol. The van der Waals surface area contributed by atoms with Crippen molar-refractivity contribution in [2.24, 2.45) is 10.9 Å². The van der Waals surface area contributed by atoms with Crippen LogP contribution in [0.3, 0.4) is 0 Å². The van der Waals surface area contributed by atoms with Gasteiger partial charge in [0.25, 0.3) is 0 Å². The number of guanidine groups is 1. The zero-order chi connectivity index (χ0) is 18.0. The van der Waals surface area contributed by atoms with E-state index in [2.05, 4.69) is 36.4 Å². The zero-order valence-corrected chi connectivity index (χ0v) is 16.7. The van der Waals surface area contributed by atoms with Crippen molar-refractivity contribution in [3.8, 4) is 0 Å². The minimum Gasteiger partial charge on any atom is -0.357 e. The summed E-state index contributed by atoms with van der Waals surface area (Å²) in [6, 6.07) is 0.293. The summed E-state index contributed by atoms with van der Waals surface area (Å²) in [4.78, 5) is 4.65. The highest BCUT2D eigenvalue weighted by atomic mass is 32.2. The van der Waals surface area contributed by atoms with Crippen molar-refractivity contribution in [2.75, 3.05) is 31.9 Å². The van der Waals surface area contributed by atoms with E-state index in [9.17, 15) is 8.42 Å². The van der Waals surface area contributed by atoms with E-state index in [4.69, 9.17) is 0 Å². The molecule has 1 aliphatic rings. The van der Waals surface area contributed by atoms with E-state index in [0.29, 0.717) is 19.1 Å².